The first-order valence-corrected chi connectivity index (χ1v) is 15.4. The van der Waals surface area contributed by atoms with E-state index in [1.54, 1.807) is 62.0 Å². The normalized spacial score (nSPS) is 10.2. The smallest absolute Gasteiger partial charge is 0.341 e. The number of pyridine rings is 4. The molecule has 0 aliphatic rings. The van der Waals surface area contributed by atoms with Crippen LogP contribution in [0.3, 0.4) is 0 Å². The SMILES string of the molecule is Cn1cccc(C(=O)Nc2ccc(Cc3cccc(F)c3)cn2)c1=O.Cn1cccc(C(=O)O)c1=O.Nc1ccc(Cc2cccc(F)c2)cn1. The monoisotopic (exact) mass is 692 g/mol. The minimum Gasteiger partial charge on any atom is -0.477 e. The van der Waals surface area contributed by atoms with Crippen molar-refractivity contribution in [2.45, 2.75) is 12.8 Å². The van der Waals surface area contributed by atoms with Crippen LogP contribution in [0, 0.1) is 11.6 Å². The Morgan fingerprint density at radius 2 is 1.20 bits per heavy atom. The summed E-state index contributed by atoms with van der Waals surface area (Å²) >= 11 is 0. The molecule has 51 heavy (non-hydrogen) atoms. The number of carbonyl (C=O) groups excluding carboxylic acids is 1. The Morgan fingerprint density at radius 3 is 1.65 bits per heavy atom. The molecule has 6 rings (SSSR count). The van der Waals surface area contributed by atoms with E-state index in [4.69, 9.17) is 10.8 Å². The number of nitrogens with one attached hydrogen (secondary N) is 1. The van der Waals surface area contributed by atoms with Crippen LogP contribution in [-0.2, 0) is 26.9 Å². The first-order valence-electron chi connectivity index (χ1n) is 15.4. The first kappa shape index (κ1) is 37.1. The lowest BCUT2D eigenvalue weighted by Gasteiger charge is -2.07. The van der Waals surface area contributed by atoms with E-state index in [1.807, 2.05) is 18.2 Å². The molecule has 13 heteroatoms. The highest BCUT2D eigenvalue weighted by atomic mass is 19.1. The molecule has 0 saturated heterocycles. The summed E-state index contributed by atoms with van der Waals surface area (Å²) in [5.74, 6) is -1.34. The molecule has 0 bridgehead atoms. The van der Waals surface area contributed by atoms with Gasteiger partial charge in [0.2, 0.25) is 0 Å². The molecule has 4 heterocycles. The van der Waals surface area contributed by atoms with Crippen LogP contribution in [0.5, 0.6) is 0 Å². The largest absolute Gasteiger partial charge is 0.477 e. The van der Waals surface area contributed by atoms with E-state index in [1.165, 1.54) is 64.8 Å². The molecule has 0 aliphatic heterocycles. The van der Waals surface area contributed by atoms with Gasteiger partial charge in [-0.2, -0.15) is 0 Å². The van der Waals surface area contributed by atoms with Crippen molar-refractivity contribution < 1.29 is 23.5 Å². The molecular formula is C38H34F2N6O5. The number of amides is 1. The lowest BCUT2D eigenvalue weighted by Crippen LogP contribution is -2.27. The number of benzene rings is 2. The van der Waals surface area contributed by atoms with Crippen LogP contribution in [0.1, 0.15) is 43.0 Å². The van der Waals surface area contributed by atoms with Crippen LogP contribution in [0.15, 0.2) is 131 Å². The van der Waals surface area contributed by atoms with Gasteiger partial charge in [-0.05, 0) is 95.8 Å². The molecule has 4 aromatic heterocycles. The molecule has 0 unspecified atom stereocenters. The topological polar surface area (TPSA) is 162 Å². The minimum absolute atomic E-state index is 0.0515. The van der Waals surface area contributed by atoms with Gasteiger partial charge in [0.15, 0.2) is 0 Å². The molecule has 0 fully saturated rings. The quantitative estimate of drug-likeness (QED) is 0.205. The van der Waals surface area contributed by atoms with Gasteiger partial charge in [-0.15, -0.1) is 0 Å². The molecule has 0 spiro atoms. The average molecular weight is 693 g/mol. The number of carbonyl (C=O) groups is 2. The predicted molar refractivity (Wildman–Crippen MR) is 190 cm³/mol. The number of halogens is 2. The van der Waals surface area contributed by atoms with Gasteiger partial charge in [0.25, 0.3) is 17.0 Å². The van der Waals surface area contributed by atoms with E-state index in [0.29, 0.717) is 24.5 Å². The number of aryl methyl sites for hydroxylation is 2. The van der Waals surface area contributed by atoms with Crippen molar-refractivity contribution >= 4 is 23.5 Å². The van der Waals surface area contributed by atoms with E-state index in [2.05, 4.69) is 15.3 Å². The van der Waals surface area contributed by atoms with E-state index in [9.17, 15) is 28.0 Å². The van der Waals surface area contributed by atoms with E-state index >= 15 is 0 Å². The van der Waals surface area contributed by atoms with Gasteiger partial charge in [-0.1, -0.05) is 36.4 Å². The Kier molecular flexibility index (Phi) is 12.8. The zero-order valence-electron chi connectivity index (χ0n) is 27.7. The number of nitrogen functional groups attached to an aromatic ring is 1. The maximum Gasteiger partial charge on any atom is 0.341 e. The van der Waals surface area contributed by atoms with Crippen LogP contribution in [0.25, 0.3) is 0 Å². The number of carboxylic acids is 1. The Labute approximate surface area is 291 Å². The number of nitrogens with zero attached hydrogens (tertiary/aromatic N) is 4. The van der Waals surface area contributed by atoms with Gasteiger partial charge < -0.3 is 25.3 Å². The summed E-state index contributed by atoms with van der Waals surface area (Å²) in [6, 6.07) is 25.9. The van der Waals surface area contributed by atoms with Crippen LogP contribution in [0.2, 0.25) is 0 Å². The zero-order valence-corrected chi connectivity index (χ0v) is 27.7. The Balaban J connectivity index is 0.000000190. The summed E-state index contributed by atoms with van der Waals surface area (Å²) in [6.45, 7) is 0. The summed E-state index contributed by atoms with van der Waals surface area (Å²) in [5, 5.41) is 11.1. The molecule has 1 amide bonds. The van der Waals surface area contributed by atoms with Crippen molar-refractivity contribution in [3.63, 3.8) is 0 Å². The summed E-state index contributed by atoms with van der Waals surface area (Å²) in [4.78, 5) is 53.6. The molecule has 2 aromatic carbocycles. The maximum absolute atomic E-state index is 13.2. The van der Waals surface area contributed by atoms with Crippen molar-refractivity contribution in [1.29, 1.82) is 0 Å². The molecule has 0 aliphatic carbocycles. The molecular weight excluding hydrogens is 658 g/mol. The van der Waals surface area contributed by atoms with Crippen molar-refractivity contribution in [1.82, 2.24) is 19.1 Å². The van der Waals surface area contributed by atoms with E-state index in [0.717, 1.165) is 22.3 Å². The predicted octanol–water partition coefficient (Wildman–Crippen LogP) is 5.24. The van der Waals surface area contributed by atoms with Gasteiger partial charge in [0.1, 0.15) is 34.4 Å². The Morgan fingerprint density at radius 1 is 0.686 bits per heavy atom. The van der Waals surface area contributed by atoms with Gasteiger partial charge >= 0.3 is 5.97 Å². The third kappa shape index (κ3) is 11.1. The number of anilines is 2. The Hall–Kier alpha value is -6.76. The highest BCUT2D eigenvalue weighted by Gasteiger charge is 2.12. The second-order valence-corrected chi connectivity index (χ2v) is 11.2. The number of nitrogens with two attached hydrogens (primary N) is 1. The van der Waals surface area contributed by atoms with Crippen LogP contribution >= 0.6 is 0 Å². The number of aromatic nitrogens is 4. The third-order valence-electron chi connectivity index (χ3n) is 7.23. The summed E-state index contributed by atoms with van der Waals surface area (Å²) in [6.07, 6.45) is 7.63. The Bertz CT molecular complexity index is 2240. The van der Waals surface area contributed by atoms with Crippen molar-refractivity contribution in [2.75, 3.05) is 11.1 Å². The van der Waals surface area contributed by atoms with Crippen molar-refractivity contribution in [2.24, 2.45) is 14.1 Å². The number of hydrogen-bond acceptors (Lipinski definition) is 7. The number of hydrogen-bond donors (Lipinski definition) is 3. The molecule has 0 radical (unpaired) electrons. The van der Waals surface area contributed by atoms with Crippen LogP contribution in [-0.4, -0.2) is 36.1 Å². The number of aromatic carboxylic acids is 1. The van der Waals surface area contributed by atoms with Crippen LogP contribution < -0.4 is 22.2 Å². The fourth-order valence-corrected chi connectivity index (χ4v) is 4.62. The molecule has 260 valence electrons. The van der Waals surface area contributed by atoms with Crippen LogP contribution in [0.4, 0.5) is 20.4 Å². The molecule has 4 N–H and O–H groups in total. The molecule has 0 saturated carbocycles. The minimum atomic E-state index is -1.19. The summed E-state index contributed by atoms with van der Waals surface area (Å²) in [5.41, 5.74) is 8.15. The zero-order chi connectivity index (χ0) is 36.9. The van der Waals surface area contributed by atoms with Gasteiger partial charge in [0, 0.05) is 38.9 Å². The fourth-order valence-electron chi connectivity index (χ4n) is 4.62. The fraction of sp³-hybridized carbons (Fsp3) is 0.105. The van der Waals surface area contributed by atoms with Crippen molar-refractivity contribution in [3.8, 4) is 0 Å². The standard InChI is InChI=1S/C19H16FN3O2.C12H11FN2.C7H7NO3/c1-23-9-3-6-16(19(23)25)18(24)22-17-8-7-14(12-21-17)10-13-4-2-5-15(20)11-13;13-11-3-1-2-9(7-11)6-10-4-5-12(14)15-8-10;1-8-4-2-3-5(6(8)9)7(10)11/h2-9,11-12H,10H2,1H3,(H,21,22,24);1-5,7-8H,6H2,(H2,14,15);2-4H,1H3,(H,10,11). The van der Waals surface area contributed by atoms with E-state index in [-0.39, 0.29) is 28.3 Å². The third-order valence-corrected chi connectivity index (χ3v) is 7.23. The van der Waals surface area contributed by atoms with Gasteiger partial charge in [-0.25, -0.2) is 23.5 Å². The molecule has 6 aromatic rings. The first-order chi connectivity index (χ1) is 24.4. The van der Waals surface area contributed by atoms with Gasteiger partial charge in [0.05, 0.1) is 0 Å². The second kappa shape index (κ2) is 17.6. The highest BCUT2D eigenvalue weighted by Crippen LogP contribution is 2.13. The average Bonchev–Trinajstić information content (AvgIpc) is 3.10. The summed E-state index contributed by atoms with van der Waals surface area (Å²) < 4.78 is 28.7. The lowest BCUT2D eigenvalue weighted by atomic mass is 10.1. The number of rotatable bonds is 7. The lowest BCUT2D eigenvalue weighted by molar-refractivity contribution is 0.0694. The van der Waals surface area contributed by atoms with E-state index < -0.39 is 17.4 Å². The maximum atomic E-state index is 13.2. The second-order valence-electron chi connectivity index (χ2n) is 11.2. The molecule has 11 nitrogen and oxygen atoms in total. The van der Waals surface area contributed by atoms with Crippen molar-refractivity contribution in [3.05, 3.63) is 188 Å². The number of carboxylic acid groups (broad SMARTS) is 1. The highest BCUT2D eigenvalue weighted by molar-refractivity contribution is 6.03. The molecule has 0 atom stereocenters. The van der Waals surface area contributed by atoms with Gasteiger partial charge in [-0.3, -0.25) is 14.4 Å². The summed E-state index contributed by atoms with van der Waals surface area (Å²) in [7, 11) is 3.09.